The highest BCUT2D eigenvalue weighted by molar-refractivity contribution is 6.74. The van der Waals surface area contributed by atoms with Crippen molar-refractivity contribution in [1.29, 1.82) is 0 Å². The van der Waals surface area contributed by atoms with Crippen molar-refractivity contribution in [2.75, 3.05) is 13.2 Å². The Hall–Kier alpha value is -2.23. The standard InChI is InChI=1S/C32H54O8Si/c1-21(18-36-20-28-16-14-13-15-17-28)29(38-25(5)33)23(3)31(40-27(7)35)24(4)30(39-26(6)34)22(2)19-37-41(11,12)32(8,9)10/h13-17,21-24,29-31H,18-20H2,1-12H3/t21-,22-,23+,24+,29-,30+,31+/m1/s1. The molecule has 0 aliphatic rings. The molecule has 0 saturated heterocycles. The number of rotatable bonds is 16. The lowest BCUT2D eigenvalue weighted by Crippen LogP contribution is -2.49. The molecule has 0 aliphatic carbocycles. The number of carbonyl (C=O) groups excluding carboxylic acids is 3. The summed E-state index contributed by atoms with van der Waals surface area (Å²) in [7, 11) is -2.05. The average molecular weight is 595 g/mol. The van der Waals surface area contributed by atoms with Crippen LogP contribution in [0.25, 0.3) is 0 Å². The first-order valence-corrected chi connectivity index (χ1v) is 17.6. The molecule has 0 aliphatic heterocycles. The number of carbonyl (C=O) groups is 3. The third-order valence-electron chi connectivity index (χ3n) is 8.11. The SMILES string of the molecule is CC(=O)O[C@H]([C@@H](C)[C@@H](OC(C)=O)[C@H](C)CO[Si](C)(C)C(C)(C)C)[C@@H](C)[C@H](OC(C)=O)[C@H](C)COCc1ccccc1. The molecule has 0 radical (unpaired) electrons. The second-order valence-corrected chi connectivity index (χ2v) is 17.8. The van der Waals surface area contributed by atoms with Gasteiger partial charge in [-0.25, -0.2) is 0 Å². The zero-order valence-corrected chi connectivity index (χ0v) is 28.3. The van der Waals surface area contributed by atoms with E-state index in [0.717, 1.165) is 5.56 Å². The number of benzene rings is 1. The monoisotopic (exact) mass is 594 g/mol. The molecule has 0 saturated carbocycles. The maximum Gasteiger partial charge on any atom is 0.302 e. The van der Waals surface area contributed by atoms with E-state index in [1.165, 1.54) is 20.8 Å². The smallest absolute Gasteiger partial charge is 0.302 e. The molecule has 0 amide bonds. The topological polar surface area (TPSA) is 97.4 Å². The quantitative estimate of drug-likeness (QED) is 0.121. The van der Waals surface area contributed by atoms with Crippen LogP contribution in [0.4, 0.5) is 0 Å². The molecule has 41 heavy (non-hydrogen) atoms. The number of hydrogen-bond acceptors (Lipinski definition) is 8. The van der Waals surface area contributed by atoms with E-state index in [9.17, 15) is 14.4 Å². The Morgan fingerprint density at radius 1 is 0.707 bits per heavy atom. The van der Waals surface area contributed by atoms with Gasteiger partial charge in [-0.15, -0.1) is 0 Å². The Labute approximate surface area is 248 Å². The summed E-state index contributed by atoms with van der Waals surface area (Å²) in [5.41, 5.74) is 1.04. The molecule has 9 heteroatoms. The largest absolute Gasteiger partial charge is 0.462 e. The molecule has 0 bridgehead atoms. The van der Waals surface area contributed by atoms with Crippen LogP contribution >= 0.6 is 0 Å². The summed E-state index contributed by atoms with van der Waals surface area (Å²) in [4.78, 5) is 36.7. The van der Waals surface area contributed by atoms with Crippen LogP contribution < -0.4 is 0 Å². The van der Waals surface area contributed by atoms with Gasteiger partial charge in [0.25, 0.3) is 0 Å². The molecule has 0 spiro atoms. The molecule has 1 aromatic rings. The summed E-state index contributed by atoms with van der Waals surface area (Å²) < 4.78 is 30.0. The first-order valence-electron chi connectivity index (χ1n) is 14.6. The van der Waals surface area contributed by atoms with Crippen LogP contribution in [0.1, 0.15) is 74.8 Å². The van der Waals surface area contributed by atoms with Gasteiger partial charge in [0, 0.05) is 51.0 Å². The molecule has 1 aromatic carbocycles. The molecule has 234 valence electrons. The fourth-order valence-corrected chi connectivity index (χ4v) is 5.92. The second-order valence-electron chi connectivity index (χ2n) is 13.0. The molecule has 1 rings (SSSR count). The van der Waals surface area contributed by atoms with Crippen molar-refractivity contribution in [3.63, 3.8) is 0 Å². The summed E-state index contributed by atoms with van der Waals surface area (Å²) in [5.74, 6) is -2.52. The van der Waals surface area contributed by atoms with E-state index in [2.05, 4.69) is 33.9 Å². The summed E-state index contributed by atoms with van der Waals surface area (Å²) in [6.07, 6.45) is -1.90. The third kappa shape index (κ3) is 12.3. The van der Waals surface area contributed by atoms with Crippen molar-refractivity contribution in [3.8, 4) is 0 Å². The van der Waals surface area contributed by atoms with Crippen LogP contribution in [0.15, 0.2) is 30.3 Å². The zero-order chi connectivity index (χ0) is 31.5. The average Bonchev–Trinajstić information content (AvgIpc) is 2.86. The molecule has 8 nitrogen and oxygen atoms in total. The van der Waals surface area contributed by atoms with Gasteiger partial charge in [-0.05, 0) is 23.7 Å². The van der Waals surface area contributed by atoms with Crippen LogP contribution in [0.2, 0.25) is 18.1 Å². The fraction of sp³-hybridized carbons (Fsp3) is 0.719. The Kier molecular flexibility index (Phi) is 14.7. The lowest BCUT2D eigenvalue weighted by Gasteiger charge is -2.41. The minimum atomic E-state index is -2.05. The third-order valence-corrected chi connectivity index (χ3v) is 12.6. The van der Waals surface area contributed by atoms with Crippen LogP contribution in [-0.4, -0.2) is 57.8 Å². The lowest BCUT2D eigenvalue weighted by atomic mass is 9.79. The van der Waals surface area contributed by atoms with Gasteiger partial charge < -0.3 is 23.4 Å². The second kappa shape index (κ2) is 16.4. The predicted octanol–water partition coefficient (Wildman–Crippen LogP) is 6.56. The van der Waals surface area contributed by atoms with E-state index < -0.39 is 56.4 Å². The van der Waals surface area contributed by atoms with Crippen LogP contribution in [-0.2, 0) is 44.4 Å². The summed E-state index contributed by atoms with van der Waals surface area (Å²) in [6.45, 7) is 23.9. The van der Waals surface area contributed by atoms with E-state index in [0.29, 0.717) is 19.8 Å². The van der Waals surface area contributed by atoms with Gasteiger partial charge in [0.15, 0.2) is 8.32 Å². The normalized spacial score (nSPS) is 17.4. The zero-order valence-electron chi connectivity index (χ0n) is 27.3. The minimum Gasteiger partial charge on any atom is -0.462 e. The summed E-state index contributed by atoms with van der Waals surface area (Å²) in [5, 5.41) is 0.0278. The van der Waals surface area contributed by atoms with E-state index in [4.69, 9.17) is 23.4 Å². The van der Waals surface area contributed by atoms with Gasteiger partial charge in [0.2, 0.25) is 0 Å². The Morgan fingerprint density at radius 3 is 1.54 bits per heavy atom. The first-order chi connectivity index (χ1) is 18.9. The lowest BCUT2D eigenvalue weighted by molar-refractivity contribution is -0.175. The molecular weight excluding hydrogens is 540 g/mol. The van der Waals surface area contributed by atoms with Crippen molar-refractivity contribution in [2.24, 2.45) is 23.7 Å². The highest BCUT2D eigenvalue weighted by atomic mass is 28.4. The molecule has 7 atom stereocenters. The van der Waals surface area contributed by atoms with Gasteiger partial charge >= 0.3 is 17.9 Å². The van der Waals surface area contributed by atoms with E-state index in [1.807, 2.05) is 58.0 Å². The molecular formula is C32H54O8Si. The molecule has 0 heterocycles. The van der Waals surface area contributed by atoms with Crippen molar-refractivity contribution in [3.05, 3.63) is 35.9 Å². The molecule has 0 fully saturated rings. The van der Waals surface area contributed by atoms with Crippen LogP contribution in [0, 0.1) is 23.7 Å². The number of esters is 3. The Morgan fingerprint density at radius 2 is 1.12 bits per heavy atom. The van der Waals surface area contributed by atoms with Crippen LogP contribution in [0.5, 0.6) is 0 Å². The molecule has 0 aromatic heterocycles. The van der Waals surface area contributed by atoms with Crippen molar-refractivity contribution >= 4 is 26.2 Å². The van der Waals surface area contributed by atoms with Gasteiger partial charge in [-0.1, -0.05) is 78.8 Å². The number of hydrogen-bond donors (Lipinski definition) is 0. The maximum absolute atomic E-state index is 12.3. The predicted molar refractivity (Wildman–Crippen MR) is 163 cm³/mol. The van der Waals surface area contributed by atoms with Crippen molar-refractivity contribution in [1.82, 2.24) is 0 Å². The van der Waals surface area contributed by atoms with Crippen LogP contribution in [0.3, 0.4) is 0 Å². The van der Waals surface area contributed by atoms with Crippen molar-refractivity contribution in [2.45, 2.75) is 112 Å². The minimum absolute atomic E-state index is 0.0278. The van der Waals surface area contributed by atoms with Gasteiger partial charge in [0.1, 0.15) is 18.3 Å². The Balaban J connectivity index is 3.22. The number of ether oxygens (including phenoxy) is 4. The van der Waals surface area contributed by atoms with Crippen molar-refractivity contribution < 1.29 is 37.8 Å². The summed E-state index contributed by atoms with van der Waals surface area (Å²) in [6, 6.07) is 9.83. The van der Waals surface area contributed by atoms with Gasteiger partial charge in [-0.3, -0.25) is 14.4 Å². The fourth-order valence-electron chi connectivity index (χ4n) is 4.81. The maximum atomic E-state index is 12.3. The Bertz CT molecular complexity index is 958. The van der Waals surface area contributed by atoms with Gasteiger partial charge in [-0.2, -0.15) is 0 Å². The molecule has 0 unspecified atom stereocenters. The highest BCUT2D eigenvalue weighted by Gasteiger charge is 2.43. The van der Waals surface area contributed by atoms with E-state index >= 15 is 0 Å². The van der Waals surface area contributed by atoms with Gasteiger partial charge in [0.05, 0.1) is 13.2 Å². The van der Waals surface area contributed by atoms with E-state index in [1.54, 1.807) is 0 Å². The first kappa shape index (κ1) is 36.8. The summed E-state index contributed by atoms with van der Waals surface area (Å²) >= 11 is 0. The van der Waals surface area contributed by atoms with E-state index in [-0.39, 0.29) is 16.9 Å². The molecule has 0 N–H and O–H groups in total. The highest BCUT2D eigenvalue weighted by Crippen LogP contribution is 2.38.